The largest absolute Gasteiger partial charge is 0.393 e. The van der Waals surface area contributed by atoms with Crippen LogP contribution in [-0.4, -0.2) is 41.7 Å². The summed E-state index contributed by atoms with van der Waals surface area (Å²) in [6, 6.07) is 16.6. The predicted molar refractivity (Wildman–Crippen MR) is 123 cm³/mol. The fraction of sp³-hybridized carbons (Fsp3) is 0.520. The normalized spacial score (nSPS) is 29.0. The Balaban J connectivity index is 0.000000210. The summed E-state index contributed by atoms with van der Waals surface area (Å²) in [5, 5.41) is 10.4. The van der Waals surface area contributed by atoms with Crippen molar-refractivity contribution in [3.63, 3.8) is 0 Å². The molecule has 5 nitrogen and oxygen atoms in total. The SMILES string of the molecule is CN(Cc1ccccc1)C1(C)C2CC(CC2O)C1(C)C.Cc1ccc(S(=O)(=O)O)cc1. The lowest BCUT2D eigenvalue weighted by atomic mass is 9.62. The topological polar surface area (TPSA) is 77.8 Å². The van der Waals surface area contributed by atoms with Crippen molar-refractivity contribution in [3.8, 4) is 0 Å². The summed E-state index contributed by atoms with van der Waals surface area (Å²) in [5.74, 6) is 1.07. The molecule has 2 fully saturated rings. The Labute approximate surface area is 186 Å². The number of hydrogen-bond donors (Lipinski definition) is 2. The molecule has 0 saturated heterocycles. The van der Waals surface area contributed by atoms with E-state index in [0.717, 1.165) is 18.5 Å². The molecule has 4 rings (SSSR count). The summed E-state index contributed by atoms with van der Waals surface area (Å²) in [4.78, 5) is 2.41. The van der Waals surface area contributed by atoms with Gasteiger partial charge >= 0.3 is 0 Å². The van der Waals surface area contributed by atoms with Crippen LogP contribution in [-0.2, 0) is 16.7 Å². The van der Waals surface area contributed by atoms with Crippen molar-refractivity contribution < 1.29 is 18.1 Å². The first-order valence-corrected chi connectivity index (χ1v) is 12.3. The molecule has 170 valence electrons. The van der Waals surface area contributed by atoms with E-state index in [-0.39, 0.29) is 22.0 Å². The zero-order chi connectivity index (χ0) is 23.0. The highest BCUT2D eigenvalue weighted by molar-refractivity contribution is 7.85. The lowest BCUT2D eigenvalue weighted by Crippen LogP contribution is -2.60. The summed E-state index contributed by atoms with van der Waals surface area (Å²) in [6.45, 7) is 9.95. The van der Waals surface area contributed by atoms with Crippen LogP contribution in [0.15, 0.2) is 59.5 Å². The Kier molecular flexibility index (Phi) is 6.68. The Morgan fingerprint density at radius 2 is 1.58 bits per heavy atom. The van der Waals surface area contributed by atoms with Gasteiger partial charge in [0.15, 0.2) is 0 Å². The average Bonchev–Trinajstić information content (AvgIpc) is 3.18. The summed E-state index contributed by atoms with van der Waals surface area (Å²) in [7, 11) is -1.80. The molecule has 4 atom stereocenters. The second-order valence-corrected chi connectivity index (χ2v) is 11.3. The summed E-state index contributed by atoms with van der Waals surface area (Å²) in [6.07, 6.45) is 2.06. The Bertz CT molecular complexity index is 988. The molecule has 4 unspecified atom stereocenters. The van der Waals surface area contributed by atoms with E-state index in [1.165, 1.54) is 24.1 Å². The number of benzene rings is 2. The number of rotatable bonds is 4. The van der Waals surface area contributed by atoms with Crippen molar-refractivity contribution in [1.29, 1.82) is 0 Å². The van der Waals surface area contributed by atoms with E-state index >= 15 is 0 Å². The van der Waals surface area contributed by atoms with Crippen LogP contribution in [0.25, 0.3) is 0 Å². The first-order valence-electron chi connectivity index (χ1n) is 10.8. The molecular weight excluding hydrogens is 410 g/mol. The first kappa shape index (κ1) is 23.9. The van der Waals surface area contributed by atoms with Crippen molar-refractivity contribution in [3.05, 3.63) is 65.7 Å². The minimum atomic E-state index is -4.02. The van der Waals surface area contributed by atoms with E-state index in [9.17, 15) is 13.5 Å². The van der Waals surface area contributed by atoms with E-state index in [4.69, 9.17) is 4.55 Å². The molecule has 0 aromatic heterocycles. The second kappa shape index (κ2) is 8.66. The van der Waals surface area contributed by atoms with Crippen LogP contribution in [0.4, 0.5) is 0 Å². The number of hydrogen-bond acceptors (Lipinski definition) is 4. The lowest BCUT2D eigenvalue weighted by Gasteiger charge is -2.54. The Morgan fingerprint density at radius 3 is 2.10 bits per heavy atom. The monoisotopic (exact) mass is 445 g/mol. The minimum Gasteiger partial charge on any atom is -0.393 e. The van der Waals surface area contributed by atoms with E-state index in [1.807, 2.05) is 6.92 Å². The van der Waals surface area contributed by atoms with Crippen LogP contribution >= 0.6 is 0 Å². The van der Waals surface area contributed by atoms with Gasteiger partial charge in [-0.2, -0.15) is 8.42 Å². The van der Waals surface area contributed by atoms with Crippen LogP contribution in [0.3, 0.4) is 0 Å². The molecule has 2 aromatic rings. The maximum atomic E-state index is 10.5. The fourth-order valence-electron chi connectivity index (χ4n) is 5.61. The summed E-state index contributed by atoms with van der Waals surface area (Å²) in [5.41, 5.74) is 2.65. The Hall–Kier alpha value is -1.73. The number of fused-ring (bicyclic) bond motifs is 2. The van der Waals surface area contributed by atoms with Gasteiger partial charge in [0.1, 0.15) is 0 Å². The van der Waals surface area contributed by atoms with Gasteiger partial charge < -0.3 is 5.11 Å². The highest BCUT2D eigenvalue weighted by Gasteiger charge is 2.64. The quantitative estimate of drug-likeness (QED) is 0.676. The van der Waals surface area contributed by atoms with Crippen molar-refractivity contribution in [2.45, 2.75) is 63.6 Å². The molecule has 0 heterocycles. The molecule has 2 aromatic carbocycles. The van der Waals surface area contributed by atoms with Gasteiger partial charge in [-0.15, -0.1) is 0 Å². The maximum absolute atomic E-state index is 10.5. The van der Waals surface area contributed by atoms with Gasteiger partial charge in [-0.3, -0.25) is 9.45 Å². The number of aliphatic hydroxyl groups excluding tert-OH is 1. The van der Waals surface area contributed by atoms with Crippen molar-refractivity contribution in [2.24, 2.45) is 17.3 Å². The molecule has 2 N–H and O–H groups in total. The van der Waals surface area contributed by atoms with Gasteiger partial charge in [-0.25, -0.2) is 0 Å². The highest BCUT2D eigenvalue weighted by Crippen LogP contribution is 2.63. The van der Waals surface area contributed by atoms with Gasteiger partial charge in [-0.05, 0) is 62.8 Å². The van der Waals surface area contributed by atoms with Gasteiger partial charge in [0.05, 0.1) is 11.0 Å². The van der Waals surface area contributed by atoms with Crippen LogP contribution in [0, 0.1) is 24.2 Å². The van der Waals surface area contributed by atoms with Gasteiger partial charge in [0.2, 0.25) is 0 Å². The van der Waals surface area contributed by atoms with Crippen LogP contribution in [0.2, 0.25) is 0 Å². The minimum absolute atomic E-state index is 0.0666. The zero-order valence-electron chi connectivity index (χ0n) is 19.1. The van der Waals surface area contributed by atoms with Crippen LogP contribution < -0.4 is 0 Å². The number of aliphatic hydroxyl groups is 1. The van der Waals surface area contributed by atoms with Crippen LogP contribution in [0.1, 0.15) is 44.7 Å². The van der Waals surface area contributed by atoms with Crippen molar-refractivity contribution in [1.82, 2.24) is 4.90 Å². The summed E-state index contributed by atoms with van der Waals surface area (Å²) < 4.78 is 29.6. The molecule has 2 bridgehead atoms. The second-order valence-electron chi connectivity index (χ2n) is 9.84. The molecule has 0 spiro atoms. The van der Waals surface area contributed by atoms with E-state index in [0.29, 0.717) is 11.8 Å². The lowest BCUT2D eigenvalue weighted by molar-refractivity contribution is -0.0826. The van der Waals surface area contributed by atoms with Gasteiger partial charge in [0.25, 0.3) is 10.1 Å². The van der Waals surface area contributed by atoms with Crippen molar-refractivity contribution >= 4 is 10.1 Å². The predicted octanol–water partition coefficient (Wildman–Crippen LogP) is 4.55. The number of nitrogens with zero attached hydrogens (tertiary/aromatic N) is 1. The molecule has 6 heteroatoms. The average molecular weight is 446 g/mol. The van der Waals surface area contributed by atoms with Gasteiger partial charge in [0, 0.05) is 18.0 Å². The van der Waals surface area contributed by atoms with E-state index < -0.39 is 10.1 Å². The third-order valence-corrected chi connectivity index (χ3v) is 8.82. The summed E-state index contributed by atoms with van der Waals surface area (Å²) >= 11 is 0. The molecule has 2 aliphatic rings. The van der Waals surface area contributed by atoms with E-state index in [2.05, 4.69) is 63.1 Å². The fourth-order valence-corrected chi connectivity index (χ4v) is 6.09. The molecule has 0 aliphatic heterocycles. The van der Waals surface area contributed by atoms with Crippen LogP contribution in [0.5, 0.6) is 0 Å². The third kappa shape index (κ3) is 4.58. The number of aryl methyl sites for hydroxylation is 1. The molecule has 2 aliphatic carbocycles. The zero-order valence-corrected chi connectivity index (χ0v) is 19.9. The molecule has 0 radical (unpaired) electrons. The molecule has 31 heavy (non-hydrogen) atoms. The highest BCUT2D eigenvalue weighted by atomic mass is 32.2. The van der Waals surface area contributed by atoms with E-state index in [1.54, 1.807) is 12.1 Å². The molecular formula is C25H35NO4S. The van der Waals surface area contributed by atoms with Gasteiger partial charge in [-0.1, -0.05) is 61.9 Å². The Morgan fingerprint density at radius 1 is 1.00 bits per heavy atom. The maximum Gasteiger partial charge on any atom is 0.294 e. The smallest absolute Gasteiger partial charge is 0.294 e. The molecule has 0 amide bonds. The van der Waals surface area contributed by atoms with Crippen molar-refractivity contribution in [2.75, 3.05) is 7.05 Å². The first-order chi connectivity index (χ1) is 14.4. The molecule has 2 saturated carbocycles. The third-order valence-electron chi connectivity index (χ3n) is 7.95. The standard InChI is InChI=1S/C18H27NO.C7H8O3S/c1-17(2)14-10-15(16(20)11-14)18(17,3)19(4)12-13-8-6-5-7-9-13;1-6-2-4-7(5-3-6)11(8,9)10/h5-9,14-16,20H,10-12H2,1-4H3;2-5H,1H3,(H,8,9,10).